The van der Waals surface area contributed by atoms with Gasteiger partial charge in [-0.3, -0.25) is 9.44 Å². The van der Waals surface area contributed by atoms with Crippen LogP contribution in [-0.2, 0) is 20.0 Å². The molecule has 29 heavy (non-hydrogen) atoms. The summed E-state index contributed by atoms with van der Waals surface area (Å²) < 4.78 is 81.4. The van der Waals surface area contributed by atoms with Crippen molar-refractivity contribution in [2.45, 2.75) is 9.79 Å². The second kappa shape index (κ2) is 7.97. The quantitative estimate of drug-likeness (QED) is 0.578. The van der Waals surface area contributed by atoms with Crippen molar-refractivity contribution in [1.29, 1.82) is 0 Å². The van der Waals surface area contributed by atoms with Crippen LogP contribution in [0.4, 0.5) is 20.2 Å². The summed E-state index contributed by atoms with van der Waals surface area (Å²) in [6.45, 7) is 0. The number of hydrogen-bond donors (Lipinski definition) is 2. The SMILES string of the molecule is O=S(=O)(Nc1cccc(Cl)c1)c1cccc(NS(=O)(=O)c2cccc(F)c2F)c1. The molecule has 3 aromatic rings. The van der Waals surface area contributed by atoms with Gasteiger partial charge in [0.15, 0.2) is 11.6 Å². The zero-order chi connectivity index (χ0) is 21.2. The Kier molecular flexibility index (Phi) is 5.78. The smallest absolute Gasteiger partial charge is 0.264 e. The predicted octanol–water partition coefficient (Wildman–Crippen LogP) is 4.22. The highest BCUT2D eigenvalue weighted by Gasteiger charge is 2.22. The molecule has 0 fully saturated rings. The third-order valence-electron chi connectivity index (χ3n) is 3.68. The largest absolute Gasteiger partial charge is 0.280 e. The van der Waals surface area contributed by atoms with Gasteiger partial charge in [-0.15, -0.1) is 0 Å². The number of halogens is 3. The van der Waals surface area contributed by atoms with Crippen LogP contribution in [0.3, 0.4) is 0 Å². The fourth-order valence-corrected chi connectivity index (χ4v) is 4.82. The maximum absolute atomic E-state index is 13.8. The number of hydrogen-bond acceptors (Lipinski definition) is 4. The topological polar surface area (TPSA) is 92.3 Å². The highest BCUT2D eigenvalue weighted by molar-refractivity contribution is 7.93. The average Bonchev–Trinajstić information content (AvgIpc) is 2.63. The van der Waals surface area contributed by atoms with Gasteiger partial charge in [0, 0.05) is 5.02 Å². The van der Waals surface area contributed by atoms with Crippen LogP contribution in [-0.4, -0.2) is 16.8 Å². The summed E-state index contributed by atoms with van der Waals surface area (Å²) in [5.41, 5.74) is 0.0629. The molecule has 6 nitrogen and oxygen atoms in total. The molecule has 0 bridgehead atoms. The highest BCUT2D eigenvalue weighted by Crippen LogP contribution is 2.24. The molecule has 0 aliphatic rings. The van der Waals surface area contributed by atoms with Gasteiger partial charge in [-0.05, 0) is 48.5 Å². The van der Waals surface area contributed by atoms with Crippen LogP contribution in [0, 0.1) is 11.6 Å². The van der Waals surface area contributed by atoms with Crippen molar-refractivity contribution in [2.24, 2.45) is 0 Å². The molecule has 152 valence electrons. The molecular formula is C18H13ClF2N2O4S2. The Morgan fingerprint density at radius 3 is 2.00 bits per heavy atom. The lowest BCUT2D eigenvalue weighted by atomic mass is 10.3. The lowest BCUT2D eigenvalue weighted by Gasteiger charge is -2.12. The van der Waals surface area contributed by atoms with Gasteiger partial charge in [0.2, 0.25) is 0 Å². The van der Waals surface area contributed by atoms with Crippen molar-refractivity contribution < 1.29 is 25.6 Å². The summed E-state index contributed by atoms with van der Waals surface area (Å²) in [5, 5.41) is 0.323. The first-order chi connectivity index (χ1) is 13.6. The first-order valence-corrected chi connectivity index (χ1v) is 11.3. The molecule has 3 aromatic carbocycles. The van der Waals surface area contributed by atoms with Crippen LogP contribution in [0.2, 0.25) is 5.02 Å². The number of sulfonamides is 2. The zero-order valence-electron chi connectivity index (χ0n) is 14.4. The minimum atomic E-state index is -4.49. The fourth-order valence-electron chi connectivity index (χ4n) is 2.39. The van der Waals surface area contributed by atoms with E-state index < -0.39 is 36.6 Å². The molecule has 0 aliphatic carbocycles. The predicted molar refractivity (Wildman–Crippen MR) is 106 cm³/mol. The normalized spacial score (nSPS) is 11.8. The maximum atomic E-state index is 13.8. The van der Waals surface area contributed by atoms with Crippen molar-refractivity contribution in [3.05, 3.63) is 83.4 Å². The third kappa shape index (κ3) is 4.84. The Bertz CT molecular complexity index is 1280. The Morgan fingerprint density at radius 2 is 1.31 bits per heavy atom. The van der Waals surface area contributed by atoms with E-state index in [4.69, 9.17) is 11.6 Å². The first-order valence-electron chi connectivity index (χ1n) is 7.94. The van der Waals surface area contributed by atoms with Gasteiger partial charge < -0.3 is 0 Å². The Morgan fingerprint density at radius 1 is 0.724 bits per heavy atom. The molecule has 0 unspecified atom stereocenters. The van der Waals surface area contributed by atoms with E-state index in [1.165, 1.54) is 30.3 Å². The number of benzene rings is 3. The standard InChI is InChI=1S/C18H13ClF2N2O4S2/c19-12-4-1-5-13(10-12)22-28(24,25)15-7-2-6-14(11-15)23-29(26,27)17-9-3-8-16(20)18(17)21/h1-11,22-23H. The summed E-state index contributed by atoms with van der Waals surface area (Å²) in [6, 6.07) is 13.6. The van der Waals surface area contributed by atoms with E-state index in [1.54, 1.807) is 12.1 Å². The molecule has 11 heteroatoms. The van der Waals surface area contributed by atoms with Crippen LogP contribution in [0.5, 0.6) is 0 Å². The molecule has 0 radical (unpaired) electrons. The highest BCUT2D eigenvalue weighted by atomic mass is 35.5. The fraction of sp³-hybridized carbons (Fsp3) is 0. The monoisotopic (exact) mass is 458 g/mol. The van der Waals surface area contributed by atoms with E-state index in [0.717, 1.165) is 24.3 Å². The van der Waals surface area contributed by atoms with Crippen molar-refractivity contribution in [1.82, 2.24) is 0 Å². The molecule has 0 amide bonds. The van der Waals surface area contributed by atoms with Gasteiger partial charge >= 0.3 is 0 Å². The molecule has 0 atom stereocenters. The lowest BCUT2D eigenvalue weighted by Crippen LogP contribution is -2.16. The van der Waals surface area contributed by atoms with E-state index in [0.29, 0.717) is 5.02 Å². The van der Waals surface area contributed by atoms with Crippen molar-refractivity contribution in [3.8, 4) is 0 Å². The van der Waals surface area contributed by atoms with Gasteiger partial charge in [-0.2, -0.15) is 0 Å². The molecular weight excluding hydrogens is 446 g/mol. The van der Waals surface area contributed by atoms with Crippen LogP contribution in [0.1, 0.15) is 0 Å². The second-order valence-corrected chi connectivity index (χ2v) is 9.57. The van der Waals surface area contributed by atoms with Crippen LogP contribution < -0.4 is 9.44 Å². The summed E-state index contributed by atoms with van der Waals surface area (Å²) in [6.07, 6.45) is 0. The zero-order valence-corrected chi connectivity index (χ0v) is 16.8. The van der Waals surface area contributed by atoms with Crippen molar-refractivity contribution in [3.63, 3.8) is 0 Å². The molecule has 0 saturated carbocycles. The molecule has 0 aliphatic heterocycles. The average molecular weight is 459 g/mol. The van der Waals surface area contributed by atoms with Gasteiger partial charge in [-0.1, -0.05) is 29.8 Å². The van der Waals surface area contributed by atoms with E-state index in [-0.39, 0.29) is 16.3 Å². The lowest BCUT2D eigenvalue weighted by molar-refractivity contribution is 0.485. The van der Waals surface area contributed by atoms with Crippen molar-refractivity contribution in [2.75, 3.05) is 9.44 Å². The second-order valence-electron chi connectivity index (χ2n) is 5.80. The maximum Gasteiger partial charge on any atom is 0.264 e. The number of nitrogens with one attached hydrogen (secondary N) is 2. The van der Waals surface area contributed by atoms with Crippen LogP contribution in [0.25, 0.3) is 0 Å². The molecule has 2 N–H and O–H groups in total. The van der Waals surface area contributed by atoms with Gasteiger partial charge in [0.05, 0.1) is 16.3 Å². The van der Waals surface area contributed by atoms with Crippen LogP contribution >= 0.6 is 11.6 Å². The van der Waals surface area contributed by atoms with E-state index in [9.17, 15) is 25.6 Å². The Hall–Kier alpha value is -2.69. The Balaban J connectivity index is 1.90. The summed E-state index contributed by atoms with van der Waals surface area (Å²) >= 11 is 5.83. The van der Waals surface area contributed by atoms with Crippen molar-refractivity contribution >= 4 is 43.0 Å². The first kappa shape index (κ1) is 21.0. The summed E-state index contributed by atoms with van der Waals surface area (Å²) in [4.78, 5) is -1.15. The summed E-state index contributed by atoms with van der Waals surface area (Å²) in [7, 11) is -8.56. The number of rotatable bonds is 6. The van der Waals surface area contributed by atoms with Gasteiger partial charge in [0.25, 0.3) is 20.0 Å². The van der Waals surface area contributed by atoms with Gasteiger partial charge in [-0.25, -0.2) is 25.6 Å². The van der Waals surface area contributed by atoms with E-state index >= 15 is 0 Å². The van der Waals surface area contributed by atoms with Crippen LogP contribution in [0.15, 0.2) is 76.5 Å². The van der Waals surface area contributed by atoms with E-state index in [1.807, 2.05) is 4.72 Å². The Labute approximate surface area is 171 Å². The minimum absolute atomic E-state index is 0.150. The minimum Gasteiger partial charge on any atom is -0.280 e. The number of anilines is 2. The third-order valence-corrected chi connectivity index (χ3v) is 6.69. The molecule has 0 saturated heterocycles. The van der Waals surface area contributed by atoms with Gasteiger partial charge in [0.1, 0.15) is 4.90 Å². The van der Waals surface area contributed by atoms with E-state index in [2.05, 4.69) is 4.72 Å². The molecule has 0 aromatic heterocycles. The molecule has 0 spiro atoms. The molecule has 3 rings (SSSR count). The summed E-state index contributed by atoms with van der Waals surface area (Å²) in [5.74, 6) is -2.86. The molecule has 0 heterocycles.